The SMILES string of the molecule is Cc1[nH]c2ccccc2c1C(=O)[C@@H](C)Sc1n[nH]c(-c2ccncc2)n1. The Balaban J connectivity index is 1.56. The van der Waals surface area contributed by atoms with Gasteiger partial charge in [-0.1, -0.05) is 30.0 Å². The predicted octanol–water partition coefficient (Wildman–Crippen LogP) is 4.02. The van der Waals surface area contributed by atoms with Crippen molar-refractivity contribution in [1.29, 1.82) is 0 Å². The maximum Gasteiger partial charge on any atom is 0.209 e. The Morgan fingerprint density at radius 2 is 1.92 bits per heavy atom. The number of benzene rings is 1. The molecule has 4 rings (SSSR count). The van der Waals surface area contributed by atoms with Gasteiger partial charge < -0.3 is 4.98 Å². The number of para-hydroxylation sites is 1. The largest absolute Gasteiger partial charge is 0.358 e. The van der Waals surface area contributed by atoms with Gasteiger partial charge in [0.2, 0.25) is 5.16 Å². The summed E-state index contributed by atoms with van der Waals surface area (Å²) >= 11 is 1.35. The Hall–Kier alpha value is -2.93. The lowest BCUT2D eigenvalue weighted by atomic mass is 10.1. The normalized spacial score (nSPS) is 12.4. The van der Waals surface area contributed by atoms with Crippen LogP contribution in [-0.2, 0) is 0 Å². The first-order valence-corrected chi connectivity index (χ1v) is 9.12. The maximum absolute atomic E-state index is 13.0. The minimum atomic E-state index is -0.297. The van der Waals surface area contributed by atoms with Gasteiger partial charge in [0.05, 0.1) is 5.25 Å². The lowest BCUT2D eigenvalue weighted by molar-refractivity contribution is 0.0995. The summed E-state index contributed by atoms with van der Waals surface area (Å²) in [4.78, 5) is 24.8. The first-order valence-electron chi connectivity index (χ1n) is 8.24. The molecule has 0 amide bonds. The van der Waals surface area contributed by atoms with Gasteiger partial charge >= 0.3 is 0 Å². The number of thioether (sulfide) groups is 1. The van der Waals surface area contributed by atoms with E-state index in [0.29, 0.717) is 11.0 Å². The summed E-state index contributed by atoms with van der Waals surface area (Å²) in [6.07, 6.45) is 3.41. The zero-order valence-electron chi connectivity index (χ0n) is 14.4. The van der Waals surface area contributed by atoms with Crippen LogP contribution in [0.3, 0.4) is 0 Å². The number of hydrogen-bond donors (Lipinski definition) is 2. The molecule has 4 aromatic rings. The fraction of sp³-hybridized carbons (Fsp3) is 0.158. The molecular weight excluding hydrogens is 346 g/mol. The number of aromatic amines is 2. The maximum atomic E-state index is 13.0. The minimum absolute atomic E-state index is 0.0696. The molecule has 0 unspecified atom stereocenters. The fourth-order valence-electron chi connectivity index (χ4n) is 2.95. The molecule has 7 heteroatoms. The number of carbonyl (C=O) groups excluding carboxylic acids is 1. The summed E-state index contributed by atoms with van der Waals surface area (Å²) in [5.74, 6) is 0.734. The van der Waals surface area contributed by atoms with Gasteiger partial charge in [-0.3, -0.25) is 14.9 Å². The minimum Gasteiger partial charge on any atom is -0.358 e. The molecule has 0 saturated carbocycles. The first kappa shape index (κ1) is 16.5. The number of H-pyrrole nitrogens is 2. The Kier molecular flexibility index (Phi) is 4.30. The van der Waals surface area contributed by atoms with E-state index in [1.54, 1.807) is 12.4 Å². The van der Waals surface area contributed by atoms with E-state index in [2.05, 4.69) is 25.1 Å². The van der Waals surface area contributed by atoms with Crippen LogP contribution >= 0.6 is 11.8 Å². The lowest BCUT2D eigenvalue weighted by Crippen LogP contribution is -2.14. The third-order valence-electron chi connectivity index (χ3n) is 4.21. The molecule has 0 fully saturated rings. The molecule has 6 nitrogen and oxygen atoms in total. The standard InChI is InChI=1S/C19H17N5OS/c1-11-16(14-5-3-4-6-15(14)21-11)17(25)12(2)26-19-22-18(23-24-19)13-7-9-20-10-8-13/h3-10,12,21H,1-2H3,(H,22,23,24)/t12-/m1/s1. The second kappa shape index (κ2) is 6.76. The number of aromatic nitrogens is 5. The number of hydrogen-bond acceptors (Lipinski definition) is 5. The van der Waals surface area contributed by atoms with Crippen LogP contribution < -0.4 is 0 Å². The van der Waals surface area contributed by atoms with Crippen molar-refractivity contribution in [1.82, 2.24) is 25.1 Å². The topological polar surface area (TPSA) is 87.3 Å². The van der Waals surface area contributed by atoms with Crippen LogP contribution in [0.2, 0.25) is 0 Å². The lowest BCUT2D eigenvalue weighted by Gasteiger charge is -2.08. The van der Waals surface area contributed by atoms with Crippen molar-refractivity contribution in [2.75, 3.05) is 0 Å². The summed E-state index contributed by atoms with van der Waals surface area (Å²) in [7, 11) is 0. The number of Topliss-reactive ketones (excluding diaryl/α,β-unsaturated/α-hetero) is 1. The summed E-state index contributed by atoms with van der Waals surface area (Å²) in [6.45, 7) is 3.82. The number of carbonyl (C=O) groups is 1. The second-order valence-electron chi connectivity index (χ2n) is 6.00. The van der Waals surface area contributed by atoms with E-state index in [1.165, 1.54) is 11.8 Å². The number of rotatable bonds is 5. The quantitative estimate of drug-likeness (QED) is 0.413. The number of ketones is 1. The molecule has 3 aromatic heterocycles. The molecule has 0 bridgehead atoms. The van der Waals surface area contributed by atoms with Gasteiger partial charge in [-0.25, -0.2) is 4.98 Å². The summed E-state index contributed by atoms with van der Waals surface area (Å²) in [5.41, 5.74) is 3.51. The van der Waals surface area contributed by atoms with Crippen molar-refractivity contribution < 1.29 is 4.79 Å². The molecule has 0 aliphatic carbocycles. The van der Waals surface area contributed by atoms with Crippen molar-refractivity contribution in [2.24, 2.45) is 0 Å². The first-order chi connectivity index (χ1) is 12.6. The zero-order chi connectivity index (χ0) is 18.1. The van der Waals surface area contributed by atoms with Crippen molar-refractivity contribution in [2.45, 2.75) is 24.3 Å². The smallest absolute Gasteiger partial charge is 0.209 e. The number of pyridine rings is 1. The summed E-state index contributed by atoms with van der Waals surface area (Å²) < 4.78 is 0. The average molecular weight is 363 g/mol. The third-order valence-corrected chi connectivity index (χ3v) is 5.17. The van der Waals surface area contributed by atoms with Crippen LogP contribution in [0.5, 0.6) is 0 Å². The molecule has 26 heavy (non-hydrogen) atoms. The highest BCUT2D eigenvalue weighted by Gasteiger charge is 2.23. The molecule has 2 N–H and O–H groups in total. The average Bonchev–Trinajstić information content (AvgIpc) is 3.25. The Bertz CT molecular complexity index is 1070. The summed E-state index contributed by atoms with van der Waals surface area (Å²) in [5, 5.41) is 8.35. The third kappa shape index (κ3) is 3.01. The highest BCUT2D eigenvalue weighted by molar-refractivity contribution is 8.00. The van der Waals surface area contributed by atoms with Crippen molar-refractivity contribution >= 4 is 28.4 Å². The van der Waals surface area contributed by atoms with Gasteiger partial charge in [0.15, 0.2) is 11.6 Å². The van der Waals surface area contributed by atoms with Gasteiger partial charge in [-0.05, 0) is 32.0 Å². The van der Waals surface area contributed by atoms with Crippen molar-refractivity contribution in [3.63, 3.8) is 0 Å². The van der Waals surface area contributed by atoms with Gasteiger partial charge in [0.1, 0.15) is 0 Å². The van der Waals surface area contributed by atoms with Gasteiger partial charge in [0.25, 0.3) is 0 Å². The molecule has 1 aromatic carbocycles. The number of nitrogens with one attached hydrogen (secondary N) is 2. The molecule has 3 heterocycles. The second-order valence-corrected chi connectivity index (χ2v) is 7.31. The summed E-state index contributed by atoms with van der Waals surface area (Å²) in [6, 6.07) is 11.6. The van der Waals surface area contributed by atoms with Gasteiger partial charge in [-0.2, -0.15) is 0 Å². The molecule has 0 spiro atoms. The van der Waals surface area contributed by atoms with Crippen molar-refractivity contribution in [3.05, 3.63) is 60.0 Å². The molecular formula is C19H17N5OS. The van der Waals surface area contributed by atoms with Crippen LogP contribution in [0.4, 0.5) is 0 Å². The van der Waals surface area contributed by atoms with E-state index >= 15 is 0 Å². The van der Waals surface area contributed by atoms with E-state index in [1.807, 2.05) is 50.2 Å². The number of fused-ring (bicyclic) bond motifs is 1. The van der Waals surface area contributed by atoms with E-state index in [-0.39, 0.29) is 11.0 Å². The molecule has 0 aliphatic rings. The molecule has 130 valence electrons. The predicted molar refractivity (Wildman–Crippen MR) is 102 cm³/mol. The van der Waals surface area contributed by atoms with E-state index in [9.17, 15) is 4.79 Å². The van der Waals surface area contributed by atoms with Crippen LogP contribution in [0.15, 0.2) is 53.9 Å². The monoisotopic (exact) mass is 363 g/mol. The number of nitrogens with zero attached hydrogens (tertiary/aromatic N) is 3. The van der Waals surface area contributed by atoms with Crippen LogP contribution in [0, 0.1) is 6.92 Å². The van der Waals surface area contributed by atoms with Crippen LogP contribution in [0.1, 0.15) is 23.0 Å². The highest BCUT2D eigenvalue weighted by Crippen LogP contribution is 2.29. The van der Waals surface area contributed by atoms with Gasteiger partial charge in [0, 0.05) is 40.1 Å². The Labute approximate surface area is 154 Å². The van der Waals surface area contributed by atoms with Gasteiger partial charge in [-0.15, -0.1) is 5.10 Å². The van der Waals surface area contributed by atoms with Crippen LogP contribution in [0.25, 0.3) is 22.3 Å². The zero-order valence-corrected chi connectivity index (χ0v) is 15.2. The number of aryl methyl sites for hydroxylation is 1. The molecule has 0 saturated heterocycles. The molecule has 0 radical (unpaired) electrons. The van der Waals surface area contributed by atoms with E-state index in [0.717, 1.165) is 27.7 Å². The van der Waals surface area contributed by atoms with Crippen LogP contribution in [-0.4, -0.2) is 36.2 Å². The fourth-order valence-corrected chi connectivity index (χ4v) is 3.73. The highest BCUT2D eigenvalue weighted by atomic mass is 32.2. The van der Waals surface area contributed by atoms with E-state index < -0.39 is 0 Å². The van der Waals surface area contributed by atoms with Crippen molar-refractivity contribution in [3.8, 4) is 11.4 Å². The van der Waals surface area contributed by atoms with E-state index in [4.69, 9.17) is 0 Å². The molecule has 0 aliphatic heterocycles. The molecule has 1 atom stereocenters. The Morgan fingerprint density at radius 1 is 1.15 bits per heavy atom. The Morgan fingerprint density at radius 3 is 2.73 bits per heavy atom.